The van der Waals surface area contributed by atoms with E-state index in [-0.39, 0.29) is 12.6 Å². The number of aromatic nitrogens is 2. The highest BCUT2D eigenvalue weighted by atomic mass is 35.5. The quantitative estimate of drug-likeness (QED) is 0.885. The number of halogens is 2. The average molecular weight is 259 g/mol. The number of nitrogens with zero attached hydrogens (tertiary/aromatic N) is 2. The van der Waals surface area contributed by atoms with Gasteiger partial charge in [-0.25, -0.2) is 0 Å². The lowest BCUT2D eigenvalue weighted by atomic mass is 10.3. The topological polar surface area (TPSA) is 77.0 Å². The third kappa shape index (κ3) is 2.63. The van der Waals surface area contributed by atoms with Crippen molar-refractivity contribution in [2.45, 2.75) is 6.54 Å². The molecule has 84 valence electrons. The van der Waals surface area contributed by atoms with Crippen molar-refractivity contribution in [2.75, 3.05) is 5.32 Å². The Morgan fingerprint density at radius 2 is 1.88 bits per heavy atom. The average Bonchev–Trinajstić information content (AvgIpc) is 2.64. The largest absolute Gasteiger partial charge is 0.406 e. The van der Waals surface area contributed by atoms with E-state index in [1.807, 2.05) is 0 Å². The predicted molar refractivity (Wildman–Crippen MR) is 61.9 cm³/mol. The van der Waals surface area contributed by atoms with E-state index in [1.54, 1.807) is 18.2 Å². The van der Waals surface area contributed by atoms with Gasteiger partial charge in [-0.05, 0) is 18.2 Å². The van der Waals surface area contributed by atoms with Crippen molar-refractivity contribution in [3.8, 4) is 0 Å². The third-order valence-electron chi connectivity index (χ3n) is 1.76. The van der Waals surface area contributed by atoms with Crippen LogP contribution in [0.3, 0.4) is 0 Å². The highest BCUT2D eigenvalue weighted by Crippen LogP contribution is 2.24. The number of nitrogens with one attached hydrogen (secondary N) is 1. The van der Waals surface area contributed by atoms with Crippen LogP contribution < -0.4 is 11.1 Å². The molecule has 0 unspecified atom stereocenters. The summed E-state index contributed by atoms with van der Waals surface area (Å²) in [6, 6.07) is 5.27. The van der Waals surface area contributed by atoms with Crippen molar-refractivity contribution in [1.29, 1.82) is 0 Å². The number of hydrogen-bond acceptors (Lipinski definition) is 5. The Hall–Kier alpha value is -1.30. The van der Waals surface area contributed by atoms with Crippen molar-refractivity contribution in [2.24, 2.45) is 5.73 Å². The van der Waals surface area contributed by atoms with Crippen molar-refractivity contribution in [3.05, 3.63) is 34.1 Å². The van der Waals surface area contributed by atoms with Crippen molar-refractivity contribution < 1.29 is 4.42 Å². The fourth-order valence-corrected chi connectivity index (χ4v) is 1.66. The highest BCUT2D eigenvalue weighted by molar-refractivity contribution is 6.35. The van der Waals surface area contributed by atoms with Crippen LogP contribution in [0.25, 0.3) is 0 Å². The Bertz CT molecular complexity index is 480. The monoisotopic (exact) mass is 258 g/mol. The lowest BCUT2D eigenvalue weighted by molar-refractivity contribution is 0.511. The maximum Gasteiger partial charge on any atom is 0.320 e. The second-order valence-electron chi connectivity index (χ2n) is 2.99. The Kier molecular flexibility index (Phi) is 3.28. The van der Waals surface area contributed by atoms with E-state index < -0.39 is 0 Å². The first-order valence-corrected chi connectivity index (χ1v) is 5.18. The molecule has 5 nitrogen and oxygen atoms in total. The molecule has 0 spiro atoms. The van der Waals surface area contributed by atoms with Gasteiger partial charge in [0.2, 0.25) is 5.89 Å². The second kappa shape index (κ2) is 4.69. The molecule has 0 saturated heterocycles. The van der Waals surface area contributed by atoms with E-state index in [4.69, 9.17) is 33.4 Å². The van der Waals surface area contributed by atoms with E-state index in [2.05, 4.69) is 15.5 Å². The molecule has 0 amide bonds. The zero-order chi connectivity index (χ0) is 11.5. The van der Waals surface area contributed by atoms with Gasteiger partial charge in [0.1, 0.15) is 0 Å². The standard InChI is InChI=1S/C9H8Cl2N4O/c10-5-1-6(11)3-7(2-5)13-9-15-14-8(4-12)16-9/h1-3H,4,12H2,(H,13,15). The van der Waals surface area contributed by atoms with Crippen LogP contribution in [0.15, 0.2) is 22.6 Å². The summed E-state index contributed by atoms with van der Waals surface area (Å²) in [6.45, 7) is 0.199. The van der Waals surface area contributed by atoms with Gasteiger partial charge in [0.25, 0.3) is 0 Å². The molecule has 1 aromatic carbocycles. The zero-order valence-electron chi connectivity index (χ0n) is 8.08. The van der Waals surface area contributed by atoms with E-state index in [1.165, 1.54) is 0 Å². The molecule has 0 aliphatic carbocycles. The lowest BCUT2D eigenvalue weighted by Gasteiger charge is -2.02. The molecule has 3 N–H and O–H groups in total. The van der Waals surface area contributed by atoms with Gasteiger partial charge < -0.3 is 15.5 Å². The van der Waals surface area contributed by atoms with Crippen molar-refractivity contribution >= 4 is 34.9 Å². The molecule has 16 heavy (non-hydrogen) atoms. The van der Waals surface area contributed by atoms with E-state index in [0.717, 1.165) is 0 Å². The third-order valence-corrected chi connectivity index (χ3v) is 2.19. The number of benzene rings is 1. The van der Waals surface area contributed by atoms with E-state index >= 15 is 0 Å². The fraction of sp³-hybridized carbons (Fsp3) is 0.111. The van der Waals surface area contributed by atoms with Crippen LogP contribution in [0, 0.1) is 0 Å². The number of rotatable bonds is 3. The molecule has 0 atom stereocenters. The maximum absolute atomic E-state index is 5.84. The van der Waals surface area contributed by atoms with Gasteiger partial charge in [-0.1, -0.05) is 28.3 Å². The van der Waals surface area contributed by atoms with Crippen molar-refractivity contribution in [1.82, 2.24) is 10.2 Å². The highest BCUT2D eigenvalue weighted by Gasteiger charge is 2.05. The molecular weight excluding hydrogens is 251 g/mol. The summed E-state index contributed by atoms with van der Waals surface area (Å²) in [4.78, 5) is 0. The predicted octanol–water partition coefficient (Wildman–Crippen LogP) is 2.58. The van der Waals surface area contributed by atoms with Crippen LogP contribution in [-0.2, 0) is 6.54 Å². The number of anilines is 2. The summed E-state index contributed by atoms with van der Waals surface area (Å²) in [5.41, 5.74) is 6.01. The summed E-state index contributed by atoms with van der Waals surface area (Å²) >= 11 is 11.7. The van der Waals surface area contributed by atoms with Gasteiger partial charge in [0.15, 0.2) is 0 Å². The first-order valence-electron chi connectivity index (χ1n) is 4.43. The van der Waals surface area contributed by atoms with Crippen LogP contribution >= 0.6 is 23.2 Å². The minimum Gasteiger partial charge on any atom is -0.406 e. The second-order valence-corrected chi connectivity index (χ2v) is 3.86. The summed E-state index contributed by atoms with van der Waals surface area (Å²) in [5.74, 6) is 0.357. The maximum atomic E-state index is 5.84. The van der Waals surface area contributed by atoms with E-state index in [9.17, 15) is 0 Å². The lowest BCUT2D eigenvalue weighted by Crippen LogP contribution is -1.95. The molecule has 0 aliphatic heterocycles. The fourth-order valence-electron chi connectivity index (χ4n) is 1.14. The molecule has 0 radical (unpaired) electrons. The first kappa shape index (κ1) is 11.2. The molecule has 0 aliphatic rings. The number of hydrogen-bond donors (Lipinski definition) is 2. The Morgan fingerprint density at radius 3 is 2.44 bits per heavy atom. The smallest absolute Gasteiger partial charge is 0.320 e. The van der Waals surface area contributed by atoms with Crippen LogP contribution in [0.4, 0.5) is 11.7 Å². The first-order chi connectivity index (χ1) is 7.67. The van der Waals surface area contributed by atoms with Gasteiger partial charge in [-0.15, -0.1) is 5.10 Å². The van der Waals surface area contributed by atoms with Crippen LogP contribution in [0.1, 0.15) is 5.89 Å². The Morgan fingerprint density at radius 1 is 1.19 bits per heavy atom. The normalized spacial score (nSPS) is 10.4. The molecule has 0 bridgehead atoms. The minimum absolute atomic E-state index is 0.199. The summed E-state index contributed by atoms with van der Waals surface area (Å²) in [7, 11) is 0. The SMILES string of the molecule is NCc1nnc(Nc2cc(Cl)cc(Cl)c2)o1. The Labute approximate surface area is 102 Å². The summed E-state index contributed by atoms with van der Waals surface area (Å²) < 4.78 is 5.17. The van der Waals surface area contributed by atoms with Gasteiger partial charge in [0, 0.05) is 15.7 Å². The summed E-state index contributed by atoms with van der Waals surface area (Å²) in [5, 5.41) is 11.4. The Balaban J connectivity index is 2.19. The molecule has 0 saturated carbocycles. The van der Waals surface area contributed by atoms with Crippen LogP contribution in [0.2, 0.25) is 10.0 Å². The molecule has 1 aromatic heterocycles. The molecule has 0 fully saturated rings. The minimum atomic E-state index is 0.199. The molecule has 2 rings (SSSR count). The zero-order valence-corrected chi connectivity index (χ0v) is 9.59. The van der Waals surface area contributed by atoms with Gasteiger partial charge >= 0.3 is 6.01 Å². The van der Waals surface area contributed by atoms with Crippen LogP contribution in [-0.4, -0.2) is 10.2 Å². The van der Waals surface area contributed by atoms with Gasteiger partial charge in [-0.3, -0.25) is 0 Å². The molecule has 7 heteroatoms. The van der Waals surface area contributed by atoms with Crippen LogP contribution in [0.5, 0.6) is 0 Å². The number of nitrogens with two attached hydrogens (primary N) is 1. The molecule has 2 aromatic rings. The van der Waals surface area contributed by atoms with E-state index in [0.29, 0.717) is 21.6 Å². The molecule has 1 heterocycles. The molecular formula is C9H8Cl2N4O. The van der Waals surface area contributed by atoms with Gasteiger partial charge in [-0.2, -0.15) is 0 Å². The van der Waals surface area contributed by atoms with Gasteiger partial charge in [0.05, 0.1) is 6.54 Å². The summed E-state index contributed by atoms with van der Waals surface area (Å²) in [6.07, 6.45) is 0. The van der Waals surface area contributed by atoms with Crippen molar-refractivity contribution in [3.63, 3.8) is 0 Å².